The Labute approximate surface area is 130 Å². The fourth-order valence-corrected chi connectivity index (χ4v) is 2.42. The molecule has 3 nitrogen and oxygen atoms in total. The molecule has 2 aromatic carbocycles. The third kappa shape index (κ3) is 4.13. The van der Waals surface area contributed by atoms with E-state index in [9.17, 15) is 0 Å². The van der Waals surface area contributed by atoms with Crippen LogP contribution in [0.5, 0.6) is 11.5 Å². The third-order valence-electron chi connectivity index (χ3n) is 3.40. The van der Waals surface area contributed by atoms with E-state index in [1.165, 1.54) is 0 Å². The SMILES string of the molecule is COc1ccc(OC)c(C(C)NCc2cccc(Cl)c2)c1. The van der Waals surface area contributed by atoms with Crippen LogP contribution in [0.25, 0.3) is 0 Å². The second kappa shape index (κ2) is 7.34. The highest BCUT2D eigenvalue weighted by Gasteiger charge is 2.12. The minimum absolute atomic E-state index is 0.133. The lowest BCUT2D eigenvalue weighted by molar-refractivity contribution is 0.391. The molecule has 0 spiro atoms. The highest BCUT2D eigenvalue weighted by molar-refractivity contribution is 6.30. The Morgan fingerprint density at radius 2 is 1.90 bits per heavy atom. The van der Waals surface area contributed by atoms with Crippen molar-refractivity contribution >= 4 is 11.6 Å². The van der Waals surface area contributed by atoms with Crippen LogP contribution < -0.4 is 14.8 Å². The van der Waals surface area contributed by atoms with Crippen LogP contribution in [0, 0.1) is 0 Å². The van der Waals surface area contributed by atoms with Crippen molar-refractivity contribution in [1.29, 1.82) is 0 Å². The summed E-state index contributed by atoms with van der Waals surface area (Å²) in [7, 11) is 3.34. The number of hydrogen-bond acceptors (Lipinski definition) is 3. The van der Waals surface area contributed by atoms with Gasteiger partial charge in [0.1, 0.15) is 11.5 Å². The number of nitrogens with one attached hydrogen (secondary N) is 1. The predicted molar refractivity (Wildman–Crippen MR) is 86.3 cm³/mol. The maximum atomic E-state index is 6.00. The van der Waals surface area contributed by atoms with E-state index in [4.69, 9.17) is 21.1 Å². The predicted octanol–water partition coefficient (Wildman–Crippen LogP) is 4.21. The highest BCUT2D eigenvalue weighted by atomic mass is 35.5. The Bertz CT molecular complexity index is 601. The van der Waals surface area contributed by atoms with E-state index in [0.717, 1.165) is 34.2 Å². The van der Waals surface area contributed by atoms with E-state index in [-0.39, 0.29) is 6.04 Å². The van der Waals surface area contributed by atoms with Crippen LogP contribution in [-0.4, -0.2) is 14.2 Å². The average Bonchev–Trinajstić information content (AvgIpc) is 2.52. The van der Waals surface area contributed by atoms with Crippen LogP contribution >= 0.6 is 11.6 Å². The van der Waals surface area contributed by atoms with Gasteiger partial charge < -0.3 is 14.8 Å². The van der Waals surface area contributed by atoms with Crippen molar-refractivity contribution in [3.05, 3.63) is 58.6 Å². The van der Waals surface area contributed by atoms with Gasteiger partial charge in [-0.1, -0.05) is 23.7 Å². The quantitative estimate of drug-likeness (QED) is 0.867. The number of benzene rings is 2. The lowest BCUT2D eigenvalue weighted by Crippen LogP contribution is -2.18. The number of ether oxygens (including phenoxy) is 2. The smallest absolute Gasteiger partial charge is 0.123 e. The van der Waals surface area contributed by atoms with Crippen LogP contribution in [0.15, 0.2) is 42.5 Å². The molecule has 0 aromatic heterocycles. The second-order valence-corrected chi connectivity index (χ2v) is 5.28. The standard InChI is InChI=1S/C17H20ClNO2/c1-12(19-11-13-5-4-6-14(18)9-13)16-10-15(20-2)7-8-17(16)21-3/h4-10,12,19H,11H2,1-3H3. The second-order valence-electron chi connectivity index (χ2n) is 4.84. The van der Waals surface area contributed by atoms with Crippen LogP contribution in [0.4, 0.5) is 0 Å². The van der Waals surface area contributed by atoms with Gasteiger partial charge in [0.15, 0.2) is 0 Å². The topological polar surface area (TPSA) is 30.5 Å². The van der Waals surface area contributed by atoms with Gasteiger partial charge in [0.25, 0.3) is 0 Å². The maximum absolute atomic E-state index is 6.00. The molecule has 0 fully saturated rings. The molecule has 112 valence electrons. The van der Waals surface area contributed by atoms with Gasteiger partial charge in [-0.05, 0) is 42.8 Å². The van der Waals surface area contributed by atoms with Gasteiger partial charge in [0.05, 0.1) is 14.2 Å². The summed E-state index contributed by atoms with van der Waals surface area (Å²) in [6, 6.07) is 13.8. The first-order valence-electron chi connectivity index (χ1n) is 6.83. The van der Waals surface area contributed by atoms with Crippen LogP contribution in [0.3, 0.4) is 0 Å². The molecule has 1 N–H and O–H groups in total. The Balaban J connectivity index is 2.10. The van der Waals surface area contributed by atoms with Crippen molar-refractivity contribution < 1.29 is 9.47 Å². The van der Waals surface area contributed by atoms with Gasteiger partial charge in [-0.15, -0.1) is 0 Å². The van der Waals surface area contributed by atoms with E-state index in [2.05, 4.69) is 18.3 Å². The molecule has 1 atom stereocenters. The number of rotatable bonds is 6. The Morgan fingerprint density at radius 1 is 1.10 bits per heavy atom. The van der Waals surface area contributed by atoms with Gasteiger partial charge in [-0.2, -0.15) is 0 Å². The van der Waals surface area contributed by atoms with Crippen molar-refractivity contribution in [1.82, 2.24) is 5.32 Å². The van der Waals surface area contributed by atoms with Crippen LogP contribution in [0.2, 0.25) is 5.02 Å². The summed E-state index contributed by atoms with van der Waals surface area (Å²) < 4.78 is 10.7. The fourth-order valence-electron chi connectivity index (χ4n) is 2.21. The number of methoxy groups -OCH3 is 2. The maximum Gasteiger partial charge on any atom is 0.123 e. The number of halogens is 1. The summed E-state index contributed by atoms with van der Waals surface area (Å²) in [6.45, 7) is 2.84. The van der Waals surface area contributed by atoms with Gasteiger partial charge in [-0.25, -0.2) is 0 Å². The molecule has 0 aliphatic rings. The molecule has 4 heteroatoms. The first kappa shape index (κ1) is 15.7. The molecule has 0 heterocycles. The first-order chi connectivity index (χ1) is 10.1. The summed E-state index contributed by atoms with van der Waals surface area (Å²) in [6.07, 6.45) is 0. The zero-order valence-corrected chi connectivity index (χ0v) is 13.3. The Kier molecular flexibility index (Phi) is 5.48. The summed E-state index contributed by atoms with van der Waals surface area (Å²) in [5.74, 6) is 1.67. The lowest BCUT2D eigenvalue weighted by atomic mass is 10.1. The number of hydrogen-bond donors (Lipinski definition) is 1. The van der Waals surface area contributed by atoms with Gasteiger partial charge >= 0.3 is 0 Å². The molecule has 2 aromatic rings. The van der Waals surface area contributed by atoms with Crippen LogP contribution in [0.1, 0.15) is 24.1 Å². The van der Waals surface area contributed by atoms with Crippen molar-refractivity contribution in [3.63, 3.8) is 0 Å². The van der Waals surface area contributed by atoms with E-state index in [1.807, 2.05) is 36.4 Å². The average molecular weight is 306 g/mol. The van der Waals surface area contributed by atoms with E-state index in [0.29, 0.717) is 0 Å². The van der Waals surface area contributed by atoms with Gasteiger partial charge in [0, 0.05) is 23.2 Å². The molecular formula is C17H20ClNO2. The van der Waals surface area contributed by atoms with Crippen molar-refractivity contribution in [3.8, 4) is 11.5 Å². The van der Waals surface area contributed by atoms with Crippen molar-refractivity contribution in [2.24, 2.45) is 0 Å². The molecule has 2 rings (SSSR count). The van der Waals surface area contributed by atoms with Crippen molar-refractivity contribution in [2.75, 3.05) is 14.2 Å². The molecule has 0 saturated heterocycles. The molecule has 21 heavy (non-hydrogen) atoms. The van der Waals surface area contributed by atoms with Gasteiger partial charge in [-0.3, -0.25) is 0 Å². The zero-order valence-electron chi connectivity index (χ0n) is 12.5. The lowest BCUT2D eigenvalue weighted by Gasteiger charge is -2.18. The zero-order chi connectivity index (χ0) is 15.2. The summed E-state index contributed by atoms with van der Waals surface area (Å²) in [5, 5.41) is 4.23. The summed E-state index contributed by atoms with van der Waals surface area (Å²) in [4.78, 5) is 0. The molecule has 0 saturated carbocycles. The molecular weight excluding hydrogens is 286 g/mol. The Hall–Kier alpha value is -1.71. The van der Waals surface area contributed by atoms with Crippen molar-refractivity contribution in [2.45, 2.75) is 19.5 Å². The van der Waals surface area contributed by atoms with E-state index < -0.39 is 0 Å². The molecule has 0 bridgehead atoms. The third-order valence-corrected chi connectivity index (χ3v) is 3.64. The minimum Gasteiger partial charge on any atom is -0.497 e. The van der Waals surface area contributed by atoms with Gasteiger partial charge in [0.2, 0.25) is 0 Å². The Morgan fingerprint density at radius 3 is 2.57 bits per heavy atom. The summed E-state index contributed by atoms with van der Waals surface area (Å²) >= 11 is 6.00. The summed E-state index contributed by atoms with van der Waals surface area (Å²) in [5.41, 5.74) is 2.22. The van der Waals surface area contributed by atoms with Crippen LogP contribution in [-0.2, 0) is 6.54 Å². The van der Waals surface area contributed by atoms with E-state index >= 15 is 0 Å². The molecule has 0 amide bonds. The molecule has 1 unspecified atom stereocenters. The molecule has 0 aliphatic carbocycles. The molecule has 0 aliphatic heterocycles. The normalized spacial score (nSPS) is 12.0. The monoisotopic (exact) mass is 305 g/mol. The minimum atomic E-state index is 0.133. The molecule has 0 radical (unpaired) electrons. The van der Waals surface area contributed by atoms with E-state index in [1.54, 1.807) is 14.2 Å². The largest absolute Gasteiger partial charge is 0.497 e. The first-order valence-corrected chi connectivity index (χ1v) is 7.21. The highest BCUT2D eigenvalue weighted by Crippen LogP contribution is 2.29. The fraction of sp³-hybridized carbons (Fsp3) is 0.294.